The van der Waals surface area contributed by atoms with E-state index < -0.39 is 0 Å². The zero-order chi connectivity index (χ0) is 30.9. The number of carbonyl (C=O) groups excluding carboxylic acids is 2. The number of allylic oxidation sites excluding steroid dienone is 3. The minimum atomic E-state index is 0.245. The summed E-state index contributed by atoms with van der Waals surface area (Å²) in [5.41, 5.74) is 6.77. The average molecular weight is 583 g/mol. The average Bonchev–Trinajstić information content (AvgIpc) is 3.35. The Morgan fingerprint density at radius 1 is 0.767 bits per heavy atom. The van der Waals surface area contributed by atoms with E-state index in [2.05, 4.69) is 27.7 Å². The zero-order valence-corrected chi connectivity index (χ0v) is 26.8. The van der Waals surface area contributed by atoms with Gasteiger partial charge in [0, 0.05) is 12.3 Å². The van der Waals surface area contributed by atoms with Crippen molar-refractivity contribution in [2.24, 2.45) is 34.5 Å². The van der Waals surface area contributed by atoms with Gasteiger partial charge < -0.3 is 10.2 Å². The summed E-state index contributed by atoms with van der Waals surface area (Å²) in [5.74, 6) is 3.86. The summed E-state index contributed by atoms with van der Waals surface area (Å²) in [5, 5.41) is 18.8. The minimum absolute atomic E-state index is 0.245. The van der Waals surface area contributed by atoms with E-state index in [-0.39, 0.29) is 22.3 Å². The van der Waals surface area contributed by atoms with E-state index in [1.54, 1.807) is 31.2 Å². The van der Waals surface area contributed by atoms with Gasteiger partial charge in [-0.25, -0.2) is 0 Å². The molecule has 0 radical (unpaired) electrons. The van der Waals surface area contributed by atoms with Crippen molar-refractivity contribution in [1.29, 1.82) is 0 Å². The van der Waals surface area contributed by atoms with Gasteiger partial charge in [0.05, 0.1) is 0 Å². The van der Waals surface area contributed by atoms with Crippen molar-refractivity contribution in [3.05, 3.63) is 71.3 Å². The molecule has 3 saturated carbocycles. The van der Waals surface area contributed by atoms with Gasteiger partial charge in [-0.1, -0.05) is 57.5 Å². The number of aromatic hydroxyl groups is 2. The lowest BCUT2D eigenvalue weighted by Crippen LogP contribution is -2.51. The third kappa shape index (κ3) is 5.87. The fraction of sp³-hybridized carbons (Fsp3) is 0.538. The maximum Gasteiger partial charge on any atom is 0.155 e. The molecule has 2 aromatic carbocycles. The lowest BCUT2D eigenvalue weighted by Gasteiger charge is -2.58. The Balaban J connectivity index is 0.000000173. The highest BCUT2D eigenvalue weighted by Crippen LogP contribution is 2.66. The molecule has 0 unspecified atom stereocenters. The second kappa shape index (κ2) is 12.5. The van der Waals surface area contributed by atoms with Crippen LogP contribution in [-0.4, -0.2) is 21.8 Å². The lowest BCUT2D eigenvalue weighted by molar-refractivity contribution is -0.128. The largest absolute Gasteiger partial charge is 0.508 e. The van der Waals surface area contributed by atoms with Crippen LogP contribution in [0.1, 0.15) is 110 Å². The van der Waals surface area contributed by atoms with E-state index in [9.17, 15) is 19.8 Å². The number of ketones is 2. The topological polar surface area (TPSA) is 74.6 Å². The van der Waals surface area contributed by atoms with E-state index in [4.69, 9.17) is 0 Å². The summed E-state index contributed by atoms with van der Waals surface area (Å²) >= 11 is 0. The van der Waals surface area contributed by atoms with Crippen molar-refractivity contribution in [2.75, 3.05) is 0 Å². The smallest absolute Gasteiger partial charge is 0.155 e. The van der Waals surface area contributed by atoms with Gasteiger partial charge in [-0.2, -0.15) is 0 Å². The van der Waals surface area contributed by atoms with Crippen LogP contribution in [-0.2, 0) is 9.59 Å². The predicted molar refractivity (Wildman–Crippen MR) is 174 cm³/mol. The highest BCUT2D eigenvalue weighted by molar-refractivity contribution is 5.92. The molecule has 0 spiro atoms. The molecule has 6 rings (SSSR count). The summed E-state index contributed by atoms with van der Waals surface area (Å²) in [4.78, 5) is 24.0. The number of phenols is 2. The monoisotopic (exact) mass is 582 g/mol. The number of phenolic OH excluding ortho intramolecular Hbond substituents is 2. The van der Waals surface area contributed by atoms with Crippen LogP contribution in [0.5, 0.6) is 11.5 Å². The lowest BCUT2D eigenvalue weighted by atomic mass is 9.47. The maximum atomic E-state index is 12.1. The summed E-state index contributed by atoms with van der Waals surface area (Å²) in [7, 11) is 0. The standard InChI is InChI=1S/C21H30O2.C18H20O2/c1-13(22)17-6-7-18-16-5-4-14-12-15(23)8-10-20(14,2)19(16)9-11-21(17,18)3;1-3-17(13-5-9-15(19)10-6-13)18(4-2)14-7-11-16(20)12-8-14/h12,16-19H,4-11H2,1-3H3;5-12,19-20H,3-4H2,1-2H3/b;18-17+/t16-,17+,18-,19-,20-,21+;/m0./s1. The first-order valence-electron chi connectivity index (χ1n) is 16.6. The van der Waals surface area contributed by atoms with Crippen LogP contribution in [0.15, 0.2) is 60.2 Å². The highest BCUT2D eigenvalue weighted by Gasteiger charge is 2.59. The Bertz CT molecular complexity index is 1340. The number of benzene rings is 2. The van der Waals surface area contributed by atoms with Crippen LogP contribution in [0.2, 0.25) is 0 Å². The quantitative estimate of drug-likeness (QED) is 0.344. The van der Waals surface area contributed by atoms with Crippen molar-refractivity contribution in [3.8, 4) is 11.5 Å². The molecular weight excluding hydrogens is 532 g/mol. The molecule has 4 aliphatic rings. The molecule has 2 aromatic rings. The number of hydrogen-bond acceptors (Lipinski definition) is 4. The van der Waals surface area contributed by atoms with Gasteiger partial charge in [-0.15, -0.1) is 0 Å². The molecule has 0 saturated heterocycles. The molecule has 4 nitrogen and oxygen atoms in total. The number of carbonyl (C=O) groups is 2. The number of fused-ring (bicyclic) bond motifs is 5. The molecule has 230 valence electrons. The molecule has 2 N–H and O–H groups in total. The molecule has 6 atom stereocenters. The van der Waals surface area contributed by atoms with Gasteiger partial charge in [0.1, 0.15) is 17.3 Å². The van der Waals surface area contributed by atoms with Gasteiger partial charge in [-0.3, -0.25) is 9.59 Å². The number of rotatable bonds is 5. The first-order valence-corrected chi connectivity index (χ1v) is 16.6. The summed E-state index contributed by atoms with van der Waals surface area (Å²) in [6.07, 6.45) is 12.8. The Labute approximate surface area is 258 Å². The van der Waals surface area contributed by atoms with Gasteiger partial charge in [0.25, 0.3) is 0 Å². The van der Waals surface area contributed by atoms with Gasteiger partial charge in [0.15, 0.2) is 5.78 Å². The Morgan fingerprint density at radius 2 is 1.33 bits per heavy atom. The molecule has 0 heterocycles. The molecule has 4 heteroatoms. The second-order valence-corrected chi connectivity index (χ2v) is 14.0. The van der Waals surface area contributed by atoms with Crippen LogP contribution in [0, 0.1) is 34.5 Å². The Kier molecular flexibility index (Phi) is 9.07. The van der Waals surface area contributed by atoms with E-state index in [1.807, 2.05) is 30.3 Å². The Morgan fingerprint density at radius 3 is 1.84 bits per heavy atom. The maximum absolute atomic E-state index is 12.1. The van der Waals surface area contributed by atoms with Crippen LogP contribution in [0.4, 0.5) is 0 Å². The van der Waals surface area contributed by atoms with E-state index in [1.165, 1.54) is 42.4 Å². The van der Waals surface area contributed by atoms with Gasteiger partial charge in [-0.05, 0) is 146 Å². The second-order valence-electron chi connectivity index (χ2n) is 14.0. The number of Topliss-reactive ketones (excluding diaryl/α,β-unsaturated/α-hetero) is 1. The van der Waals surface area contributed by atoms with Crippen molar-refractivity contribution in [2.45, 2.75) is 98.8 Å². The fourth-order valence-corrected chi connectivity index (χ4v) is 9.74. The third-order valence-corrected chi connectivity index (χ3v) is 12.0. The van der Waals surface area contributed by atoms with Crippen molar-refractivity contribution in [3.63, 3.8) is 0 Å². The minimum Gasteiger partial charge on any atom is -0.508 e. The predicted octanol–water partition coefficient (Wildman–Crippen LogP) is 9.55. The molecule has 0 amide bonds. The third-order valence-electron chi connectivity index (χ3n) is 12.0. The molecule has 0 aliphatic heterocycles. The summed E-state index contributed by atoms with van der Waals surface area (Å²) < 4.78 is 0. The molecule has 3 fully saturated rings. The zero-order valence-electron chi connectivity index (χ0n) is 26.8. The van der Waals surface area contributed by atoms with Crippen molar-refractivity contribution < 1.29 is 19.8 Å². The van der Waals surface area contributed by atoms with Crippen LogP contribution >= 0.6 is 0 Å². The van der Waals surface area contributed by atoms with E-state index in [0.717, 1.165) is 67.4 Å². The van der Waals surface area contributed by atoms with Gasteiger partial charge >= 0.3 is 0 Å². The SMILES string of the molecule is CC(=O)[C@H]1CC[C@H]2[C@@H]3CCC4=CC(=O)CC[C@]4(C)[C@H]3CC[C@]12C.CC/C(=C(/CC)c1ccc(O)cc1)c1ccc(O)cc1. The fourth-order valence-electron chi connectivity index (χ4n) is 9.74. The number of hydrogen-bond donors (Lipinski definition) is 2. The van der Waals surface area contributed by atoms with Gasteiger partial charge in [0.2, 0.25) is 0 Å². The van der Waals surface area contributed by atoms with Crippen LogP contribution in [0.25, 0.3) is 11.1 Å². The summed E-state index contributed by atoms with van der Waals surface area (Å²) in [6.45, 7) is 10.9. The molecule has 0 bridgehead atoms. The van der Waals surface area contributed by atoms with E-state index in [0.29, 0.717) is 17.5 Å². The normalized spacial score (nSPS) is 31.8. The molecular formula is C39H50O4. The first kappa shape index (κ1) is 31.3. The van der Waals surface area contributed by atoms with Crippen LogP contribution < -0.4 is 0 Å². The van der Waals surface area contributed by atoms with Crippen molar-refractivity contribution in [1.82, 2.24) is 0 Å². The van der Waals surface area contributed by atoms with E-state index >= 15 is 0 Å². The molecule has 43 heavy (non-hydrogen) atoms. The first-order chi connectivity index (χ1) is 20.5. The van der Waals surface area contributed by atoms with Crippen LogP contribution in [0.3, 0.4) is 0 Å². The summed E-state index contributed by atoms with van der Waals surface area (Å²) in [6, 6.07) is 14.7. The Hall–Kier alpha value is -3.14. The highest BCUT2D eigenvalue weighted by atomic mass is 16.3. The molecule has 4 aliphatic carbocycles. The molecule has 0 aromatic heterocycles. The van der Waals surface area contributed by atoms with Crippen molar-refractivity contribution >= 4 is 22.7 Å².